The molecule has 0 aromatic carbocycles. The highest BCUT2D eigenvalue weighted by Gasteiger charge is 2.27. The summed E-state index contributed by atoms with van der Waals surface area (Å²) < 4.78 is 2.48. The zero-order valence-electron chi connectivity index (χ0n) is 11.1. The van der Waals surface area contributed by atoms with Crippen LogP contribution in [0.2, 0.25) is 0 Å². The molecule has 2 aliphatic carbocycles. The zero-order chi connectivity index (χ0) is 12.5. The van der Waals surface area contributed by atoms with Crippen LogP contribution in [0.5, 0.6) is 0 Å². The van der Waals surface area contributed by atoms with Gasteiger partial charge in [0.15, 0.2) is 0 Å². The van der Waals surface area contributed by atoms with Crippen molar-refractivity contribution in [2.24, 2.45) is 0 Å². The molecule has 3 rings (SSSR count). The SMILES string of the molecule is CSC1CCC(n2ccc3c2CCCC3O)CC1. The van der Waals surface area contributed by atoms with E-state index in [1.807, 2.05) is 11.8 Å². The van der Waals surface area contributed by atoms with E-state index in [-0.39, 0.29) is 6.10 Å². The van der Waals surface area contributed by atoms with Gasteiger partial charge >= 0.3 is 0 Å². The third-order valence-electron chi connectivity index (χ3n) is 4.68. The van der Waals surface area contributed by atoms with E-state index in [2.05, 4.69) is 23.1 Å². The average molecular weight is 265 g/mol. The average Bonchev–Trinajstić information content (AvgIpc) is 2.84. The molecule has 18 heavy (non-hydrogen) atoms. The fraction of sp³-hybridized carbons (Fsp3) is 0.733. The monoisotopic (exact) mass is 265 g/mol. The van der Waals surface area contributed by atoms with Crippen molar-refractivity contribution in [3.8, 4) is 0 Å². The van der Waals surface area contributed by atoms with Crippen LogP contribution in [-0.2, 0) is 6.42 Å². The number of aliphatic hydroxyl groups is 1. The molecule has 0 radical (unpaired) electrons. The first-order chi connectivity index (χ1) is 8.79. The highest BCUT2D eigenvalue weighted by molar-refractivity contribution is 7.99. The number of aromatic nitrogens is 1. The van der Waals surface area contributed by atoms with E-state index < -0.39 is 0 Å². The summed E-state index contributed by atoms with van der Waals surface area (Å²) in [6.45, 7) is 0. The normalized spacial score (nSPS) is 32.2. The lowest BCUT2D eigenvalue weighted by atomic mass is 9.92. The fourth-order valence-electron chi connectivity index (χ4n) is 3.59. The topological polar surface area (TPSA) is 25.2 Å². The summed E-state index contributed by atoms with van der Waals surface area (Å²) >= 11 is 2.02. The van der Waals surface area contributed by atoms with Gasteiger partial charge in [-0.25, -0.2) is 0 Å². The zero-order valence-corrected chi connectivity index (χ0v) is 12.0. The summed E-state index contributed by atoms with van der Waals surface area (Å²) in [4.78, 5) is 0. The molecule has 2 nitrogen and oxygen atoms in total. The van der Waals surface area contributed by atoms with Gasteiger partial charge in [-0.05, 0) is 57.3 Å². The summed E-state index contributed by atoms with van der Waals surface area (Å²) in [5.41, 5.74) is 2.62. The van der Waals surface area contributed by atoms with Gasteiger partial charge in [-0.15, -0.1) is 0 Å². The molecule has 1 N–H and O–H groups in total. The maximum atomic E-state index is 10.0. The lowest BCUT2D eigenvalue weighted by Crippen LogP contribution is -2.21. The van der Waals surface area contributed by atoms with E-state index in [9.17, 15) is 5.11 Å². The number of thioether (sulfide) groups is 1. The molecule has 0 saturated heterocycles. The number of fused-ring (bicyclic) bond motifs is 1. The Balaban J connectivity index is 1.77. The summed E-state index contributed by atoms with van der Waals surface area (Å²) in [5.74, 6) is 0. The van der Waals surface area contributed by atoms with Crippen molar-refractivity contribution in [2.75, 3.05) is 6.26 Å². The summed E-state index contributed by atoms with van der Waals surface area (Å²) in [6, 6.07) is 2.84. The predicted molar refractivity (Wildman–Crippen MR) is 77.1 cm³/mol. The molecular weight excluding hydrogens is 242 g/mol. The van der Waals surface area contributed by atoms with Gasteiger partial charge in [0.2, 0.25) is 0 Å². The van der Waals surface area contributed by atoms with Gasteiger partial charge in [0.05, 0.1) is 6.10 Å². The second-order valence-corrected chi connectivity index (χ2v) is 6.84. The Hall–Kier alpha value is -0.410. The van der Waals surface area contributed by atoms with Crippen molar-refractivity contribution in [3.05, 3.63) is 23.5 Å². The molecular formula is C15H23NOS. The van der Waals surface area contributed by atoms with Crippen LogP contribution >= 0.6 is 11.8 Å². The van der Waals surface area contributed by atoms with Gasteiger partial charge in [-0.2, -0.15) is 11.8 Å². The Bertz CT molecular complexity index is 407. The summed E-state index contributed by atoms with van der Waals surface area (Å²) in [5, 5.41) is 10.9. The Morgan fingerprint density at radius 2 is 2.00 bits per heavy atom. The lowest BCUT2D eigenvalue weighted by Gasteiger charge is -2.31. The summed E-state index contributed by atoms with van der Waals surface area (Å²) in [6.07, 6.45) is 12.8. The van der Waals surface area contributed by atoms with Gasteiger partial charge in [0, 0.05) is 28.7 Å². The molecule has 1 saturated carbocycles. The Morgan fingerprint density at radius 1 is 1.22 bits per heavy atom. The highest BCUT2D eigenvalue weighted by Crippen LogP contribution is 2.38. The number of hydrogen-bond acceptors (Lipinski definition) is 2. The van der Waals surface area contributed by atoms with Crippen molar-refractivity contribution in [2.45, 2.75) is 62.3 Å². The Morgan fingerprint density at radius 3 is 2.72 bits per heavy atom. The number of nitrogens with zero attached hydrogens (tertiary/aromatic N) is 1. The van der Waals surface area contributed by atoms with E-state index in [1.165, 1.54) is 36.9 Å². The molecule has 0 spiro atoms. The second-order valence-electron chi connectivity index (χ2n) is 5.70. The fourth-order valence-corrected chi connectivity index (χ4v) is 4.34. The molecule has 1 unspecified atom stereocenters. The molecule has 0 amide bonds. The second kappa shape index (κ2) is 5.30. The molecule has 1 aromatic rings. The highest BCUT2D eigenvalue weighted by atomic mass is 32.2. The molecule has 1 heterocycles. The molecule has 2 aliphatic rings. The Labute approximate surface area is 114 Å². The maximum absolute atomic E-state index is 10.0. The first kappa shape index (κ1) is 12.6. The van der Waals surface area contributed by atoms with E-state index in [1.54, 1.807) is 0 Å². The van der Waals surface area contributed by atoms with Gasteiger partial charge in [0.25, 0.3) is 0 Å². The molecule has 0 aliphatic heterocycles. The molecule has 0 bridgehead atoms. The van der Waals surface area contributed by atoms with Crippen LogP contribution in [0, 0.1) is 0 Å². The lowest BCUT2D eigenvalue weighted by molar-refractivity contribution is 0.155. The minimum Gasteiger partial charge on any atom is -0.388 e. The van der Waals surface area contributed by atoms with Crippen LogP contribution in [0.4, 0.5) is 0 Å². The molecule has 1 fully saturated rings. The van der Waals surface area contributed by atoms with Crippen LogP contribution in [0.25, 0.3) is 0 Å². The van der Waals surface area contributed by atoms with Crippen molar-refractivity contribution in [1.29, 1.82) is 0 Å². The van der Waals surface area contributed by atoms with Crippen LogP contribution < -0.4 is 0 Å². The molecule has 1 atom stereocenters. The third kappa shape index (κ3) is 2.23. The van der Waals surface area contributed by atoms with Gasteiger partial charge < -0.3 is 9.67 Å². The van der Waals surface area contributed by atoms with Gasteiger partial charge in [-0.3, -0.25) is 0 Å². The minimum absolute atomic E-state index is 0.211. The molecule has 100 valence electrons. The van der Waals surface area contributed by atoms with E-state index >= 15 is 0 Å². The summed E-state index contributed by atoms with van der Waals surface area (Å²) in [7, 11) is 0. The number of aliphatic hydroxyl groups excluding tert-OH is 1. The first-order valence-corrected chi connectivity index (χ1v) is 8.49. The van der Waals surface area contributed by atoms with Gasteiger partial charge in [-0.1, -0.05) is 0 Å². The van der Waals surface area contributed by atoms with Crippen molar-refractivity contribution in [3.63, 3.8) is 0 Å². The van der Waals surface area contributed by atoms with Crippen LogP contribution in [-0.4, -0.2) is 21.2 Å². The van der Waals surface area contributed by atoms with E-state index in [4.69, 9.17) is 0 Å². The largest absolute Gasteiger partial charge is 0.388 e. The minimum atomic E-state index is -0.211. The van der Waals surface area contributed by atoms with E-state index in [0.717, 1.165) is 24.5 Å². The van der Waals surface area contributed by atoms with Crippen LogP contribution in [0.1, 0.15) is 61.9 Å². The van der Waals surface area contributed by atoms with Gasteiger partial charge in [0.1, 0.15) is 0 Å². The quantitative estimate of drug-likeness (QED) is 0.882. The maximum Gasteiger partial charge on any atom is 0.0807 e. The Kier molecular flexibility index (Phi) is 3.71. The number of hydrogen-bond donors (Lipinski definition) is 1. The molecule has 3 heteroatoms. The molecule has 1 aromatic heterocycles. The van der Waals surface area contributed by atoms with Crippen LogP contribution in [0.3, 0.4) is 0 Å². The van der Waals surface area contributed by atoms with Crippen molar-refractivity contribution < 1.29 is 5.11 Å². The van der Waals surface area contributed by atoms with Crippen molar-refractivity contribution >= 4 is 11.8 Å². The van der Waals surface area contributed by atoms with Crippen molar-refractivity contribution in [1.82, 2.24) is 4.57 Å². The third-order valence-corrected chi connectivity index (χ3v) is 5.82. The first-order valence-electron chi connectivity index (χ1n) is 7.20. The smallest absolute Gasteiger partial charge is 0.0807 e. The van der Waals surface area contributed by atoms with Crippen LogP contribution in [0.15, 0.2) is 12.3 Å². The standard InChI is InChI=1S/C15H23NOS/c1-18-12-7-5-11(6-8-12)16-10-9-13-14(16)3-2-4-15(13)17/h9-12,15,17H,2-8H2,1H3. The van der Waals surface area contributed by atoms with E-state index in [0.29, 0.717) is 6.04 Å². The number of rotatable bonds is 2. The predicted octanol–water partition coefficient (Wildman–Crippen LogP) is 3.70.